The van der Waals surface area contributed by atoms with Gasteiger partial charge in [0, 0.05) is 16.1 Å². The number of rotatable bonds is 4. The summed E-state index contributed by atoms with van der Waals surface area (Å²) in [5, 5.41) is 19.3. The van der Waals surface area contributed by atoms with Gasteiger partial charge in [0.1, 0.15) is 21.7 Å². The Labute approximate surface area is 180 Å². The quantitative estimate of drug-likeness (QED) is 0.614. The number of aromatic carboxylic acids is 1. The number of benzene rings is 1. The number of ether oxygens (including phenoxy) is 1. The molecule has 1 unspecified atom stereocenters. The molecular formula is C20H17ClN4O4S. The van der Waals surface area contributed by atoms with Gasteiger partial charge in [-0.3, -0.25) is 14.4 Å². The molecule has 0 bridgehead atoms. The highest BCUT2D eigenvalue weighted by atomic mass is 35.5. The maximum Gasteiger partial charge on any atom is 0.346 e. The second kappa shape index (κ2) is 7.66. The van der Waals surface area contributed by atoms with E-state index in [4.69, 9.17) is 21.3 Å². The fraction of sp³-hybridized carbons (Fsp3) is 0.250. The standard InChI is InChI=1S/C20H17ClN4O4S/c1-9-15-16(11-4-6-12(21)7-5-11)22-13(8-14(26)29-3)18-24-23-10(2)25(18)19(15)30-17(9)20(27)28/h4-7,13H,8H2,1-3H3,(H,27,28). The van der Waals surface area contributed by atoms with Crippen LogP contribution in [0.1, 0.15) is 50.5 Å². The van der Waals surface area contributed by atoms with Crippen LogP contribution < -0.4 is 0 Å². The highest BCUT2D eigenvalue weighted by Crippen LogP contribution is 2.40. The van der Waals surface area contributed by atoms with Crippen molar-refractivity contribution in [1.82, 2.24) is 14.8 Å². The molecule has 1 atom stereocenters. The van der Waals surface area contributed by atoms with Crippen molar-refractivity contribution in [2.75, 3.05) is 7.11 Å². The number of carbonyl (C=O) groups is 2. The van der Waals surface area contributed by atoms with Gasteiger partial charge in [0.05, 0.1) is 19.2 Å². The molecule has 1 N–H and O–H groups in total. The van der Waals surface area contributed by atoms with Crippen molar-refractivity contribution in [2.24, 2.45) is 4.99 Å². The normalized spacial score (nSPS) is 15.1. The van der Waals surface area contributed by atoms with Gasteiger partial charge in [-0.1, -0.05) is 23.7 Å². The van der Waals surface area contributed by atoms with Gasteiger partial charge in [-0.15, -0.1) is 21.5 Å². The zero-order valence-corrected chi connectivity index (χ0v) is 17.9. The molecule has 1 aliphatic rings. The minimum Gasteiger partial charge on any atom is -0.477 e. The van der Waals surface area contributed by atoms with Crippen LogP contribution in [0.15, 0.2) is 29.3 Å². The zero-order valence-electron chi connectivity index (χ0n) is 16.3. The molecule has 10 heteroatoms. The average Bonchev–Trinajstić information content (AvgIpc) is 3.21. The molecule has 154 valence electrons. The number of aryl methyl sites for hydroxylation is 1. The van der Waals surface area contributed by atoms with Crippen molar-refractivity contribution in [1.29, 1.82) is 0 Å². The zero-order chi connectivity index (χ0) is 21.6. The van der Waals surface area contributed by atoms with Crippen LogP contribution in [-0.2, 0) is 9.53 Å². The highest BCUT2D eigenvalue weighted by molar-refractivity contribution is 7.17. The van der Waals surface area contributed by atoms with Crippen molar-refractivity contribution in [3.8, 4) is 5.00 Å². The topological polar surface area (TPSA) is 107 Å². The molecule has 0 fully saturated rings. The lowest BCUT2D eigenvalue weighted by Gasteiger charge is -2.11. The first-order valence-electron chi connectivity index (χ1n) is 9.01. The van der Waals surface area contributed by atoms with E-state index in [2.05, 4.69) is 10.2 Å². The van der Waals surface area contributed by atoms with Gasteiger partial charge < -0.3 is 9.84 Å². The summed E-state index contributed by atoms with van der Waals surface area (Å²) in [6.07, 6.45) is -0.0223. The summed E-state index contributed by atoms with van der Waals surface area (Å²) in [6, 6.07) is 6.47. The lowest BCUT2D eigenvalue weighted by molar-refractivity contribution is -0.141. The molecule has 0 saturated carbocycles. The smallest absolute Gasteiger partial charge is 0.346 e. The van der Waals surface area contributed by atoms with E-state index in [0.717, 1.165) is 16.9 Å². The molecule has 4 rings (SSSR count). The number of thiophene rings is 1. The van der Waals surface area contributed by atoms with Crippen LogP contribution in [0, 0.1) is 13.8 Å². The Balaban J connectivity index is 2.04. The average molecular weight is 445 g/mol. The van der Waals surface area contributed by atoms with Crippen LogP contribution in [0.25, 0.3) is 5.00 Å². The first-order valence-corrected chi connectivity index (χ1v) is 10.2. The Kier molecular flexibility index (Phi) is 5.17. The number of methoxy groups -OCH3 is 1. The van der Waals surface area contributed by atoms with Crippen molar-refractivity contribution < 1.29 is 19.4 Å². The van der Waals surface area contributed by atoms with E-state index in [1.54, 1.807) is 30.5 Å². The Hall–Kier alpha value is -3.04. The van der Waals surface area contributed by atoms with Gasteiger partial charge >= 0.3 is 11.9 Å². The largest absolute Gasteiger partial charge is 0.477 e. The lowest BCUT2D eigenvalue weighted by atomic mass is 9.99. The number of aromatic nitrogens is 3. The number of hydrogen-bond donors (Lipinski definition) is 1. The molecule has 3 aromatic rings. The number of carbonyl (C=O) groups excluding carboxylic acids is 1. The van der Waals surface area contributed by atoms with Gasteiger partial charge in [-0.25, -0.2) is 4.79 Å². The van der Waals surface area contributed by atoms with E-state index < -0.39 is 18.0 Å². The molecule has 0 saturated heterocycles. The molecular weight excluding hydrogens is 428 g/mol. The highest BCUT2D eigenvalue weighted by Gasteiger charge is 2.34. The Morgan fingerprint density at radius 1 is 1.23 bits per heavy atom. The van der Waals surface area contributed by atoms with Crippen LogP contribution in [0.5, 0.6) is 0 Å². The molecule has 1 aliphatic heterocycles. The molecule has 1 aromatic carbocycles. The Morgan fingerprint density at radius 2 is 1.93 bits per heavy atom. The maximum atomic E-state index is 12.1. The van der Waals surface area contributed by atoms with Gasteiger partial charge in [0.25, 0.3) is 0 Å². The summed E-state index contributed by atoms with van der Waals surface area (Å²) in [7, 11) is 1.32. The molecule has 0 radical (unpaired) electrons. The summed E-state index contributed by atoms with van der Waals surface area (Å²) in [6.45, 7) is 3.53. The number of aliphatic imine (C=N–C) groups is 1. The van der Waals surface area contributed by atoms with Crippen molar-refractivity contribution in [3.63, 3.8) is 0 Å². The Bertz CT molecular complexity index is 1200. The molecule has 8 nitrogen and oxygen atoms in total. The van der Waals surface area contributed by atoms with Gasteiger partial charge in [0.15, 0.2) is 5.82 Å². The molecule has 30 heavy (non-hydrogen) atoms. The number of carboxylic acid groups (broad SMARTS) is 1. The summed E-state index contributed by atoms with van der Waals surface area (Å²) in [5.74, 6) is -0.410. The predicted molar refractivity (Wildman–Crippen MR) is 112 cm³/mol. The third kappa shape index (κ3) is 3.29. The monoisotopic (exact) mass is 444 g/mol. The summed E-state index contributed by atoms with van der Waals surface area (Å²) < 4.78 is 6.62. The van der Waals surface area contributed by atoms with Crippen LogP contribution in [0.3, 0.4) is 0 Å². The molecule has 3 heterocycles. The van der Waals surface area contributed by atoms with E-state index in [1.165, 1.54) is 7.11 Å². The fourth-order valence-electron chi connectivity index (χ4n) is 3.47. The van der Waals surface area contributed by atoms with Gasteiger partial charge in [0.2, 0.25) is 0 Å². The molecule has 0 spiro atoms. The van der Waals surface area contributed by atoms with E-state index in [1.807, 2.05) is 12.1 Å². The summed E-state index contributed by atoms with van der Waals surface area (Å²) in [4.78, 5) is 29.0. The number of hydrogen-bond acceptors (Lipinski definition) is 7. The van der Waals surface area contributed by atoms with Crippen molar-refractivity contribution in [2.45, 2.75) is 26.3 Å². The summed E-state index contributed by atoms with van der Waals surface area (Å²) in [5.41, 5.74) is 2.59. The number of esters is 1. The summed E-state index contributed by atoms with van der Waals surface area (Å²) >= 11 is 7.19. The molecule has 0 amide bonds. The number of fused-ring (bicyclic) bond motifs is 3. The van der Waals surface area contributed by atoms with Crippen LogP contribution >= 0.6 is 22.9 Å². The first-order chi connectivity index (χ1) is 14.3. The van der Waals surface area contributed by atoms with E-state index in [9.17, 15) is 14.7 Å². The second-order valence-corrected chi connectivity index (χ2v) is 8.20. The minimum atomic E-state index is -1.01. The van der Waals surface area contributed by atoms with E-state index in [0.29, 0.717) is 38.5 Å². The third-order valence-corrected chi connectivity index (χ3v) is 6.42. The van der Waals surface area contributed by atoms with Gasteiger partial charge in [-0.05, 0) is 31.5 Å². The van der Waals surface area contributed by atoms with Crippen LogP contribution in [-0.4, -0.2) is 44.6 Å². The first kappa shape index (κ1) is 20.2. The SMILES string of the molecule is COC(=O)CC1N=C(c2ccc(Cl)cc2)c2c(sc(C(=O)O)c2C)-n2c(C)nnc21. The number of nitrogens with zero attached hydrogens (tertiary/aromatic N) is 4. The molecule has 0 aliphatic carbocycles. The predicted octanol–water partition coefficient (Wildman–Crippen LogP) is 3.75. The lowest BCUT2D eigenvalue weighted by Crippen LogP contribution is -2.12. The van der Waals surface area contributed by atoms with E-state index in [-0.39, 0.29) is 11.3 Å². The fourth-order valence-corrected chi connectivity index (χ4v) is 4.80. The molecule has 2 aromatic heterocycles. The maximum absolute atomic E-state index is 12.1. The number of halogens is 1. The number of carboxylic acids is 1. The van der Waals surface area contributed by atoms with Crippen LogP contribution in [0.2, 0.25) is 5.02 Å². The van der Waals surface area contributed by atoms with E-state index >= 15 is 0 Å². The van der Waals surface area contributed by atoms with Crippen LogP contribution in [0.4, 0.5) is 0 Å². The van der Waals surface area contributed by atoms with Crippen molar-refractivity contribution >= 4 is 40.6 Å². The minimum absolute atomic E-state index is 0.0223. The Morgan fingerprint density at radius 3 is 2.57 bits per heavy atom. The second-order valence-electron chi connectivity index (χ2n) is 6.76. The van der Waals surface area contributed by atoms with Crippen molar-refractivity contribution in [3.05, 3.63) is 62.5 Å². The van der Waals surface area contributed by atoms with Gasteiger partial charge in [-0.2, -0.15) is 0 Å². The third-order valence-electron chi connectivity index (χ3n) is 4.90.